The van der Waals surface area contributed by atoms with Gasteiger partial charge in [-0.05, 0) is 30.9 Å². The predicted molar refractivity (Wildman–Crippen MR) is 91.6 cm³/mol. The van der Waals surface area contributed by atoms with Crippen LogP contribution in [0.15, 0.2) is 24.3 Å². The first kappa shape index (κ1) is 17.2. The number of carbonyl (C=O) groups excluding carboxylic acids is 2. The Morgan fingerprint density at radius 2 is 2.00 bits per heavy atom. The summed E-state index contributed by atoms with van der Waals surface area (Å²) in [6.07, 6.45) is 1.67. The molecule has 8 nitrogen and oxygen atoms in total. The van der Waals surface area contributed by atoms with Gasteiger partial charge in [0, 0.05) is 19.6 Å². The van der Waals surface area contributed by atoms with E-state index in [1.54, 1.807) is 4.90 Å². The van der Waals surface area contributed by atoms with Gasteiger partial charge >= 0.3 is 12.1 Å². The van der Waals surface area contributed by atoms with Crippen LogP contribution >= 0.6 is 0 Å². The first-order valence-corrected chi connectivity index (χ1v) is 8.56. The van der Waals surface area contributed by atoms with Gasteiger partial charge in [0.2, 0.25) is 0 Å². The van der Waals surface area contributed by atoms with Crippen molar-refractivity contribution in [3.63, 3.8) is 0 Å². The average Bonchev–Trinajstić information content (AvgIpc) is 2.64. The lowest BCUT2D eigenvalue weighted by Gasteiger charge is -2.33. The molecule has 1 fully saturated rings. The summed E-state index contributed by atoms with van der Waals surface area (Å²) >= 11 is 0. The molecule has 0 spiro atoms. The Morgan fingerprint density at radius 1 is 1.20 bits per heavy atom. The zero-order valence-corrected chi connectivity index (χ0v) is 14.1. The van der Waals surface area contributed by atoms with Gasteiger partial charge in [0.1, 0.15) is 6.61 Å². The van der Waals surface area contributed by atoms with Crippen LogP contribution < -0.4 is 25.8 Å². The van der Waals surface area contributed by atoms with E-state index in [0.29, 0.717) is 38.5 Å². The zero-order chi connectivity index (χ0) is 17.6. The molecule has 25 heavy (non-hydrogen) atoms. The van der Waals surface area contributed by atoms with Gasteiger partial charge < -0.3 is 30.7 Å². The van der Waals surface area contributed by atoms with Crippen molar-refractivity contribution in [1.29, 1.82) is 0 Å². The first-order valence-electron chi connectivity index (χ1n) is 8.56. The molecule has 0 bridgehead atoms. The van der Waals surface area contributed by atoms with Crippen LogP contribution in [0.2, 0.25) is 0 Å². The number of fused-ring (bicyclic) bond motifs is 1. The van der Waals surface area contributed by atoms with E-state index >= 15 is 0 Å². The number of ether oxygens (including phenoxy) is 2. The third kappa shape index (κ3) is 4.68. The Labute approximate surface area is 146 Å². The number of hydrogen-bond acceptors (Lipinski definition) is 4. The minimum absolute atomic E-state index is 0.119. The summed E-state index contributed by atoms with van der Waals surface area (Å²) in [7, 11) is 0. The maximum absolute atomic E-state index is 12.4. The molecule has 0 unspecified atom stereocenters. The van der Waals surface area contributed by atoms with E-state index < -0.39 is 6.03 Å². The number of carbonyl (C=O) groups is 2. The van der Waals surface area contributed by atoms with Gasteiger partial charge in [-0.3, -0.25) is 0 Å². The van der Waals surface area contributed by atoms with Gasteiger partial charge in [-0.25, -0.2) is 9.59 Å². The molecule has 2 heterocycles. The van der Waals surface area contributed by atoms with Crippen LogP contribution in [0, 0.1) is 5.92 Å². The minimum Gasteiger partial charge on any atom is -0.486 e. The number of nitrogens with two attached hydrogens (primary N) is 1. The molecule has 3 rings (SSSR count). The number of primary amides is 1. The second-order valence-electron chi connectivity index (χ2n) is 6.38. The lowest BCUT2D eigenvalue weighted by Crippen LogP contribution is -2.50. The molecule has 0 aromatic heterocycles. The van der Waals surface area contributed by atoms with E-state index in [9.17, 15) is 9.59 Å². The van der Waals surface area contributed by atoms with Crippen molar-refractivity contribution in [1.82, 2.24) is 15.5 Å². The largest absolute Gasteiger partial charge is 0.486 e. The highest BCUT2D eigenvalue weighted by molar-refractivity contribution is 5.74. The van der Waals surface area contributed by atoms with Gasteiger partial charge in [-0.15, -0.1) is 0 Å². The number of likely N-dealkylation sites (tertiary alicyclic amines) is 1. The quantitative estimate of drug-likeness (QED) is 0.752. The van der Waals surface area contributed by atoms with Crippen molar-refractivity contribution in [2.45, 2.75) is 18.9 Å². The monoisotopic (exact) mass is 348 g/mol. The molecule has 0 radical (unpaired) electrons. The maximum atomic E-state index is 12.4. The number of hydrogen-bond donors (Lipinski definition) is 3. The van der Waals surface area contributed by atoms with Crippen molar-refractivity contribution in [2.75, 3.05) is 32.8 Å². The molecule has 2 atom stereocenters. The summed E-state index contributed by atoms with van der Waals surface area (Å²) in [5.41, 5.74) is 5.10. The van der Waals surface area contributed by atoms with E-state index in [1.165, 1.54) is 0 Å². The molecule has 2 aliphatic rings. The number of rotatable bonds is 4. The van der Waals surface area contributed by atoms with Crippen LogP contribution in [0.25, 0.3) is 0 Å². The normalized spacial score (nSPS) is 22.2. The summed E-state index contributed by atoms with van der Waals surface area (Å²) in [6, 6.07) is 6.84. The standard InChI is InChI=1S/C17H24N4O4/c18-16(22)19-8-12-4-3-7-21(10-12)17(23)20-9-13-11-24-14-5-1-2-6-15(14)25-13/h1-2,5-6,12-13H,3-4,7-11H2,(H,20,23)(H3,18,19,22)/t12-,13+/m1/s1. The van der Waals surface area contributed by atoms with Crippen LogP contribution in [0.4, 0.5) is 9.59 Å². The molecule has 2 aliphatic heterocycles. The number of para-hydroxylation sites is 2. The van der Waals surface area contributed by atoms with Gasteiger partial charge in [0.25, 0.3) is 0 Å². The molecule has 8 heteroatoms. The van der Waals surface area contributed by atoms with Crippen molar-refractivity contribution in [2.24, 2.45) is 11.7 Å². The Balaban J connectivity index is 1.44. The van der Waals surface area contributed by atoms with Crippen molar-refractivity contribution < 1.29 is 19.1 Å². The van der Waals surface area contributed by atoms with Crippen molar-refractivity contribution in [3.8, 4) is 11.5 Å². The predicted octanol–water partition coefficient (Wildman–Crippen LogP) is 0.916. The highest BCUT2D eigenvalue weighted by Gasteiger charge is 2.26. The smallest absolute Gasteiger partial charge is 0.317 e. The number of amides is 4. The number of nitrogens with one attached hydrogen (secondary N) is 2. The summed E-state index contributed by atoms with van der Waals surface area (Å²) in [6.45, 7) is 2.60. The third-order valence-electron chi connectivity index (χ3n) is 4.42. The molecule has 0 saturated carbocycles. The number of piperidine rings is 1. The van der Waals surface area contributed by atoms with E-state index in [-0.39, 0.29) is 18.1 Å². The van der Waals surface area contributed by atoms with Crippen LogP contribution in [-0.4, -0.2) is 55.9 Å². The van der Waals surface area contributed by atoms with E-state index in [1.807, 2.05) is 24.3 Å². The van der Waals surface area contributed by atoms with Crippen LogP contribution in [0.5, 0.6) is 11.5 Å². The molecule has 0 aliphatic carbocycles. The molecular formula is C17H24N4O4. The molecule has 1 aromatic carbocycles. The van der Waals surface area contributed by atoms with Crippen LogP contribution in [0.3, 0.4) is 0 Å². The molecule has 1 saturated heterocycles. The van der Waals surface area contributed by atoms with E-state index in [2.05, 4.69) is 10.6 Å². The van der Waals surface area contributed by atoms with Gasteiger partial charge in [-0.2, -0.15) is 0 Å². The molecule has 4 amide bonds. The fraction of sp³-hybridized carbons (Fsp3) is 0.529. The van der Waals surface area contributed by atoms with E-state index in [4.69, 9.17) is 15.2 Å². The molecule has 4 N–H and O–H groups in total. The second-order valence-corrected chi connectivity index (χ2v) is 6.38. The van der Waals surface area contributed by atoms with Crippen molar-refractivity contribution in [3.05, 3.63) is 24.3 Å². The SMILES string of the molecule is NC(=O)NC[C@H]1CCCN(C(=O)NC[C@H]2COc3ccccc3O2)C1. The van der Waals surface area contributed by atoms with Gasteiger partial charge in [0.15, 0.2) is 17.6 Å². The first-order chi connectivity index (χ1) is 12.1. The molecule has 1 aromatic rings. The summed E-state index contributed by atoms with van der Waals surface area (Å²) < 4.78 is 11.5. The Hall–Kier alpha value is -2.64. The van der Waals surface area contributed by atoms with Crippen LogP contribution in [-0.2, 0) is 0 Å². The van der Waals surface area contributed by atoms with Crippen molar-refractivity contribution >= 4 is 12.1 Å². The Kier molecular flexibility index (Phi) is 5.47. The summed E-state index contributed by atoms with van der Waals surface area (Å²) in [5.74, 6) is 1.66. The average molecular weight is 348 g/mol. The Bertz CT molecular complexity index is 624. The van der Waals surface area contributed by atoms with Gasteiger partial charge in [0.05, 0.1) is 6.54 Å². The number of urea groups is 2. The number of benzene rings is 1. The van der Waals surface area contributed by atoms with E-state index in [0.717, 1.165) is 18.6 Å². The van der Waals surface area contributed by atoms with Crippen LogP contribution in [0.1, 0.15) is 12.8 Å². The topological polar surface area (TPSA) is 106 Å². The highest BCUT2D eigenvalue weighted by Crippen LogP contribution is 2.30. The minimum atomic E-state index is -0.531. The fourth-order valence-corrected chi connectivity index (χ4v) is 3.14. The zero-order valence-electron chi connectivity index (χ0n) is 14.1. The highest BCUT2D eigenvalue weighted by atomic mass is 16.6. The second kappa shape index (κ2) is 7.96. The summed E-state index contributed by atoms with van der Waals surface area (Å²) in [4.78, 5) is 25.0. The molecule has 136 valence electrons. The van der Waals surface area contributed by atoms with Gasteiger partial charge in [-0.1, -0.05) is 12.1 Å². The lowest BCUT2D eigenvalue weighted by atomic mass is 9.98. The summed E-state index contributed by atoms with van der Waals surface area (Å²) in [5, 5.41) is 5.52. The lowest BCUT2D eigenvalue weighted by molar-refractivity contribution is 0.0889. The Morgan fingerprint density at radius 3 is 2.80 bits per heavy atom. The number of nitrogens with zero attached hydrogens (tertiary/aromatic N) is 1. The fourth-order valence-electron chi connectivity index (χ4n) is 3.14. The maximum Gasteiger partial charge on any atom is 0.317 e. The third-order valence-corrected chi connectivity index (χ3v) is 4.42. The molecular weight excluding hydrogens is 324 g/mol.